The second-order valence-electron chi connectivity index (χ2n) is 4.31. The van der Waals surface area contributed by atoms with Crippen molar-refractivity contribution in [1.82, 2.24) is 5.32 Å². The highest BCUT2D eigenvalue weighted by Crippen LogP contribution is 2.24. The molecular weight excluding hydrogens is 212 g/mol. The summed E-state index contributed by atoms with van der Waals surface area (Å²) < 4.78 is 5.40. The minimum Gasteiger partial charge on any atom is -0.496 e. The van der Waals surface area contributed by atoms with Crippen molar-refractivity contribution >= 4 is 0 Å². The van der Waals surface area contributed by atoms with Crippen molar-refractivity contribution in [2.45, 2.75) is 26.2 Å². The highest BCUT2D eigenvalue weighted by Gasteiger charge is 2.06. The van der Waals surface area contributed by atoms with Gasteiger partial charge in [0.25, 0.3) is 0 Å². The molecule has 0 aliphatic rings. The molecule has 0 bridgehead atoms. The van der Waals surface area contributed by atoms with Gasteiger partial charge in [-0.2, -0.15) is 5.26 Å². The third kappa shape index (κ3) is 4.08. The smallest absolute Gasteiger partial charge is 0.122 e. The van der Waals surface area contributed by atoms with Crippen LogP contribution in [0.5, 0.6) is 5.75 Å². The van der Waals surface area contributed by atoms with Gasteiger partial charge in [-0.25, -0.2) is 0 Å². The lowest BCUT2D eigenvalue weighted by Crippen LogP contribution is -2.17. The molecule has 0 aromatic heterocycles. The number of ether oxygens (including phenoxy) is 1. The van der Waals surface area contributed by atoms with Crippen LogP contribution in [0.4, 0.5) is 0 Å². The molecule has 0 heterocycles. The van der Waals surface area contributed by atoms with Gasteiger partial charge in [0.15, 0.2) is 0 Å². The van der Waals surface area contributed by atoms with Gasteiger partial charge in [-0.1, -0.05) is 26.0 Å². The number of nitriles is 1. The van der Waals surface area contributed by atoms with E-state index in [0.29, 0.717) is 12.5 Å². The zero-order valence-corrected chi connectivity index (χ0v) is 10.8. The first-order valence-corrected chi connectivity index (χ1v) is 5.93. The van der Waals surface area contributed by atoms with E-state index < -0.39 is 0 Å². The fourth-order valence-corrected chi connectivity index (χ4v) is 1.69. The minimum absolute atomic E-state index is 0.395. The minimum atomic E-state index is 0.395. The molecule has 0 unspecified atom stereocenters. The van der Waals surface area contributed by atoms with E-state index in [1.165, 1.54) is 11.1 Å². The number of nitrogens with one attached hydrogen (secondary N) is 1. The normalized spacial score (nSPS) is 10.3. The van der Waals surface area contributed by atoms with Crippen LogP contribution >= 0.6 is 0 Å². The van der Waals surface area contributed by atoms with Crippen molar-refractivity contribution in [2.24, 2.45) is 0 Å². The Balaban J connectivity index is 2.69. The Morgan fingerprint density at radius 3 is 2.76 bits per heavy atom. The maximum atomic E-state index is 8.42. The average Bonchev–Trinajstić information content (AvgIpc) is 2.34. The van der Waals surface area contributed by atoms with Crippen molar-refractivity contribution < 1.29 is 4.74 Å². The molecule has 0 radical (unpaired) electrons. The van der Waals surface area contributed by atoms with E-state index in [1.54, 1.807) is 7.11 Å². The molecule has 0 fully saturated rings. The lowest BCUT2D eigenvalue weighted by molar-refractivity contribution is 0.408. The summed E-state index contributed by atoms with van der Waals surface area (Å²) >= 11 is 0. The molecule has 3 heteroatoms. The fraction of sp³-hybridized carbons (Fsp3) is 0.500. The van der Waals surface area contributed by atoms with Crippen molar-refractivity contribution in [2.75, 3.05) is 20.2 Å². The van der Waals surface area contributed by atoms with Gasteiger partial charge in [-0.05, 0) is 29.5 Å². The van der Waals surface area contributed by atoms with Gasteiger partial charge in [0.05, 0.1) is 19.7 Å². The van der Waals surface area contributed by atoms with E-state index in [0.717, 1.165) is 18.7 Å². The number of methoxy groups -OCH3 is 1. The molecule has 0 atom stereocenters. The molecule has 1 N–H and O–H groups in total. The highest BCUT2D eigenvalue weighted by atomic mass is 16.5. The second-order valence-corrected chi connectivity index (χ2v) is 4.31. The SMILES string of the molecule is COc1cc(C(C)C)ccc1CCNCC#N. The van der Waals surface area contributed by atoms with E-state index in [1.807, 2.05) is 0 Å². The summed E-state index contributed by atoms with van der Waals surface area (Å²) in [6.07, 6.45) is 0.878. The second kappa shape index (κ2) is 6.93. The van der Waals surface area contributed by atoms with E-state index in [9.17, 15) is 0 Å². The number of hydrogen-bond acceptors (Lipinski definition) is 3. The van der Waals surface area contributed by atoms with Crippen LogP contribution in [0.25, 0.3) is 0 Å². The summed E-state index contributed by atoms with van der Waals surface area (Å²) in [6.45, 7) is 5.53. The summed E-state index contributed by atoms with van der Waals surface area (Å²) in [5.74, 6) is 1.45. The standard InChI is InChI=1S/C14H20N2O/c1-11(2)13-5-4-12(14(10-13)17-3)6-8-16-9-7-15/h4-5,10-11,16H,6,8-9H2,1-3H3. The Kier molecular flexibility index (Phi) is 5.51. The number of benzene rings is 1. The lowest BCUT2D eigenvalue weighted by Gasteiger charge is -2.12. The first-order valence-electron chi connectivity index (χ1n) is 5.93. The van der Waals surface area contributed by atoms with Gasteiger partial charge >= 0.3 is 0 Å². The molecular formula is C14H20N2O. The maximum Gasteiger partial charge on any atom is 0.122 e. The Morgan fingerprint density at radius 1 is 1.41 bits per heavy atom. The maximum absolute atomic E-state index is 8.42. The summed E-state index contributed by atoms with van der Waals surface area (Å²) in [5, 5.41) is 11.5. The third-order valence-electron chi connectivity index (χ3n) is 2.75. The molecule has 0 spiro atoms. The quantitative estimate of drug-likeness (QED) is 0.605. The van der Waals surface area contributed by atoms with E-state index in [2.05, 4.69) is 43.4 Å². The predicted octanol–water partition coefficient (Wildman–Crippen LogP) is 2.47. The molecule has 0 aliphatic carbocycles. The molecule has 3 nitrogen and oxygen atoms in total. The summed E-state index contributed by atoms with van der Waals surface area (Å²) in [4.78, 5) is 0. The first kappa shape index (κ1) is 13.5. The predicted molar refractivity (Wildman–Crippen MR) is 69.3 cm³/mol. The summed E-state index contributed by atoms with van der Waals surface area (Å²) in [5.41, 5.74) is 2.47. The van der Waals surface area contributed by atoms with Crippen LogP contribution < -0.4 is 10.1 Å². The van der Waals surface area contributed by atoms with Gasteiger partial charge in [-0.3, -0.25) is 0 Å². The van der Waals surface area contributed by atoms with Crippen molar-refractivity contribution in [3.63, 3.8) is 0 Å². The molecule has 0 saturated carbocycles. The Bertz CT molecular complexity index is 394. The Hall–Kier alpha value is -1.53. The van der Waals surface area contributed by atoms with Gasteiger partial charge in [0.1, 0.15) is 5.75 Å². The average molecular weight is 232 g/mol. The highest BCUT2D eigenvalue weighted by molar-refractivity contribution is 5.38. The van der Waals surface area contributed by atoms with Crippen molar-refractivity contribution in [1.29, 1.82) is 5.26 Å². The van der Waals surface area contributed by atoms with Gasteiger partial charge in [0.2, 0.25) is 0 Å². The molecule has 17 heavy (non-hydrogen) atoms. The van der Waals surface area contributed by atoms with Gasteiger partial charge < -0.3 is 10.1 Å². The molecule has 1 aromatic rings. The van der Waals surface area contributed by atoms with Crippen LogP contribution in [0.2, 0.25) is 0 Å². The summed E-state index contributed by atoms with van der Waals surface area (Å²) in [7, 11) is 1.70. The zero-order valence-electron chi connectivity index (χ0n) is 10.8. The zero-order chi connectivity index (χ0) is 12.7. The molecule has 1 rings (SSSR count). The monoisotopic (exact) mass is 232 g/mol. The van der Waals surface area contributed by atoms with Crippen LogP contribution in [-0.2, 0) is 6.42 Å². The van der Waals surface area contributed by atoms with Crippen LogP contribution in [-0.4, -0.2) is 20.2 Å². The number of nitrogens with zero attached hydrogens (tertiary/aromatic N) is 1. The molecule has 0 amide bonds. The molecule has 0 saturated heterocycles. The molecule has 1 aromatic carbocycles. The van der Waals surface area contributed by atoms with Crippen molar-refractivity contribution in [3.8, 4) is 11.8 Å². The number of hydrogen-bond donors (Lipinski definition) is 1. The van der Waals surface area contributed by atoms with Crippen molar-refractivity contribution in [3.05, 3.63) is 29.3 Å². The van der Waals surface area contributed by atoms with E-state index >= 15 is 0 Å². The van der Waals surface area contributed by atoms with Crippen LogP contribution in [0.15, 0.2) is 18.2 Å². The van der Waals surface area contributed by atoms with E-state index in [4.69, 9.17) is 10.00 Å². The number of rotatable bonds is 6. The molecule has 0 aliphatic heterocycles. The van der Waals surface area contributed by atoms with Crippen LogP contribution in [0, 0.1) is 11.3 Å². The third-order valence-corrected chi connectivity index (χ3v) is 2.75. The van der Waals surface area contributed by atoms with Gasteiger partial charge in [0, 0.05) is 6.54 Å². The van der Waals surface area contributed by atoms with Crippen LogP contribution in [0.1, 0.15) is 30.9 Å². The van der Waals surface area contributed by atoms with Gasteiger partial charge in [-0.15, -0.1) is 0 Å². The Labute approximate surface area is 103 Å². The molecule has 92 valence electrons. The first-order chi connectivity index (χ1) is 8.19. The summed E-state index contributed by atoms with van der Waals surface area (Å²) in [6, 6.07) is 8.42. The topological polar surface area (TPSA) is 45.0 Å². The lowest BCUT2D eigenvalue weighted by atomic mass is 10.00. The largest absolute Gasteiger partial charge is 0.496 e. The van der Waals surface area contributed by atoms with E-state index in [-0.39, 0.29) is 0 Å². The fourth-order valence-electron chi connectivity index (χ4n) is 1.69. The van der Waals surface area contributed by atoms with Crippen LogP contribution in [0.3, 0.4) is 0 Å². The Morgan fingerprint density at radius 2 is 2.18 bits per heavy atom.